The van der Waals surface area contributed by atoms with E-state index >= 15 is 0 Å². The minimum absolute atomic E-state index is 0.265. The number of ether oxygens (including phenoxy) is 3. The van der Waals surface area contributed by atoms with E-state index < -0.39 is 5.60 Å². The summed E-state index contributed by atoms with van der Waals surface area (Å²) in [6.07, 6.45) is 4.04. The van der Waals surface area contributed by atoms with Crippen molar-refractivity contribution < 1.29 is 19.3 Å². The molecule has 1 atom stereocenters. The van der Waals surface area contributed by atoms with E-state index in [9.17, 15) is 5.11 Å². The molecule has 0 radical (unpaired) electrons. The monoisotopic (exact) mass is 244 g/mol. The molecule has 17 heavy (non-hydrogen) atoms. The molecule has 100 valence electrons. The van der Waals surface area contributed by atoms with E-state index in [0.717, 1.165) is 32.1 Å². The quantitative estimate of drug-likeness (QED) is 0.818. The van der Waals surface area contributed by atoms with Gasteiger partial charge in [-0.2, -0.15) is 0 Å². The molecule has 1 saturated carbocycles. The van der Waals surface area contributed by atoms with E-state index in [1.54, 1.807) is 7.11 Å². The zero-order valence-corrected chi connectivity index (χ0v) is 10.9. The molecule has 0 amide bonds. The Balaban J connectivity index is 1.87. The van der Waals surface area contributed by atoms with Crippen LogP contribution in [-0.2, 0) is 14.2 Å². The van der Waals surface area contributed by atoms with Crippen molar-refractivity contribution >= 4 is 0 Å². The molecule has 2 fully saturated rings. The third-order valence-corrected chi connectivity index (χ3v) is 4.36. The molecule has 0 aromatic rings. The summed E-state index contributed by atoms with van der Waals surface area (Å²) in [4.78, 5) is 0. The Bertz CT molecular complexity index is 238. The fraction of sp³-hybridized carbons (Fsp3) is 1.00. The van der Waals surface area contributed by atoms with Crippen molar-refractivity contribution in [2.45, 2.75) is 50.4 Å². The van der Waals surface area contributed by atoms with Gasteiger partial charge >= 0.3 is 0 Å². The van der Waals surface area contributed by atoms with Crippen molar-refractivity contribution in [3.63, 3.8) is 0 Å². The molecule has 0 aromatic heterocycles. The van der Waals surface area contributed by atoms with Crippen LogP contribution in [0.15, 0.2) is 0 Å². The molecule has 1 heterocycles. The smallest absolute Gasteiger partial charge is 0.168 e. The molecule has 1 aliphatic heterocycles. The number of hydrogen-bond donors (Lipinski definition) is 1. The Hall–Kier alpha value is -0.160. The summed E-state index contributed by atoms with van der Waals surface area (Å²) in [5.74, 6) is -0.117. The lowest BCUT2D eigenvalue weighted by molar-refractivity contribution is -0.210. The molecular formula is C13H24O4. The first-order chi connectivity index (χ1) is 8.10. The van der Waals surface area contributed by atoms with Crippen molar-refractivity contribution in [1.82, 2.24) is 0 Å². The maximum Gasteiger partial charge on any atom is 0.168 e. The van der Waals surface area contributed by atoms with Crippen LogP contribution in [0.3, 0.4) is 0 Å². The van der Waals surface area contributed by atoms with Crippen LogP contribution in [0.4, 0.5) is 0 Å². The summed E-state index contributed by atoms with van der Waals surface area (Å²) in [6, 6.07) is 0. The van der Waals surface area contributed by atoms with Crippen molar-refractivity contribution in [1.29, 1.82) is 0 Å². The van der Waals surface area contributed by atoms with Crippen LogP contribution in [-0.4, -0.2) is 43.4 Å². The van der Waals surface area contributed by atoms with Crippen molar-refractivity contribution in [3.8, 4) is 0 Å². The average molecular weight is 244 g/mol. The van der Waals surface area contributed by atoms with Gasteiger partial charge in [-0.1, -0.05) is 6.92 Å². The summed E-state index contributed by atoms with van der Waals surface area (Å²) in [5.41, 5.74) is -0.570. The van der Waals surface area contributed by atoms with Gasteiger partial charge in [0.15, 0.2) is 5.79 Å². The van der Waals surface area contributed by atoms with Crippen molar-refractivity contribution in [2.24, 2.45) is 5.92 Å². The van der Waals surface area contributed by atoms with Crippen LogP contribution < -0.4 is 0 Å². The second-order valence-corrected chi connectivity index (χ2v) is 5.39. The molecule has 2 rings (SSSR count). The topological polar surface area (TPSA) is 47.9 Å². The highest BCUT2D eigenvalue weighted by molar-refractivity contribution is 4.94. The largest absolute Gasteiger partial charge is 0.390 e. The molecule has 1 saturated heterocycles. The highest BCUT2D eigenvalue weighted by Gasteiger charge is 2.47. The number of aliphatic hydroxyl groups is 1. The molecule has 1 N–H and O–H groups in total. The minimum atomic E-state index is -0.570. The van der Waals surface area contributed by atoms with Gasteiger partial charge in [-0.05, 0) is 25.2 Å². The first-order valence-electron chi connectivity index (χ1n) is 6.59. The second kappa shape index (κ2) is 5.22. The summed E-state index contributed by atoms with van der Waals surface area (Å²) in [6.45, 7) is 4.20. The Kier molecular flexibility index (Phi) is 4.08. The van der Waals surface area contributed by atoms with Gasteiger partial charge in [0.2, 0.25) is 0 Å². The normalized spacial score (nSPS) is 28.4. The molecule has 0 aromatic carbocycles. The SMILES string of the molecule is COCCC(C)C1(O)CCC2(CC1)OCCO2. The van der Waals surface area contributed by atoms with Gasteiger partial charge in [0.25, 0.3) is 0 Å². The highest BCUT2D eigenvalue weighted by Crippen LogP contribution is 2.43. The average Bonchev–Trinajstić information content (AvgIpc) is 2.79. The first kappa shape index (κ1) is 13.3. The van der Waals surface area contributed by atoms with Gasteiger partial charge in [0.05, 0.1) is 18.8 Å². The van der Waals surface area contributed by atoms with E-state index in [0.29, 0.717) is 19.8 Å². The van der Waals surface area contributed by atoms with E-state index in [4.69, 9.17) is 14.2 Å². The van der Waals surface area contributed by atoms with Crippen LogP contribution in [0.5, 0.6) is 0 Å². The minimum Gasteiger partial charge on any atom is -0.390 e. The molecule has 2 aliphatic rings. The van der Waals surface area contributed by atoms with Crippen LogP contribution in [0.25, 0.3) is 0 Å². The third-order valence-electron chi connectivity index (χ3n) is 4.36. The fourth-order valence-corrected chi connectivity index (χ4v) is 2.91. The maximum absolute atomic E-state index is 10.6. The van der Waals surface area contributed by atoms with Crippen LogP contribution >= 0.6 is 0 Å². The van der Waals surface area contributed by atoms with Crippen LogP contribution in [0.2, 0.25) is 0 Å². The predicted molar refractivity (Wildman–Crippen MR) is 63.7 cm³/mol. The molecule has 1 spiro atoms. The summed E-state index contributed by atoms with van der Waals surface area (Å²) >= 11 is 0. The standard InChI is InChI=1S/C13H24O4/c1-11(3-8-15-2)12(14)4-6-13(7-5-12)16-9-10-17-13/h11,14H,3-10H2,1-2H3. The Morgan fingerprint density at radius 2 is 1.76 bits per heavy atom. The molecule has 1 aliphatic carbocycles. The van der Waals surface area contributed by atoms with Crippen molar-refractivity contribution in [3.05, 3.63) is 0 Å². The van der Waals surface area contributed by atoms with E-state index in [2.05, 4.69) is 6.92 Å². The van der Waals surface area contributed by atoms with E-state index in [1.165, 1.54) is 0 Å². The second-order valence-electron chi connectivity index (χ2n) is 5.39. The van der Waals surface area contributed by atoms with Gasteiger partial charge in [0, 0.05) is 26.6 Å². The van der Waals surface area contributed by atoms with Crippen molar-refractivity contribution in [2.75, 3.05) is 26.9 Å². The van der Waals surface area contributed by atoms with Gasteiger partial charge < -0.3 is 19.3 Å². The van der Waals surface area contributed by atoms with Gasteiger partial charge in [-0.3, -0.25) is 0 Å². The molecule has 1 unspecified atom stereocenters. The van der Waals surface area contributed by atoms with Gasteiger partial charge in [-0.25, -0.2) is 0 Å². The summed E-state index contributed by atoms with van der Waals surface area (Å²) in [7, 11) is 1.70. The maximum atomic E-state index is 10.6. The predicted octanol–water partition coefficient (Wildman–Crippen LogP) is 1.71. The first-order valence-corrected chi connectivity index (χ1v) is 6.59. The van der Waals surface area contributed by atoms with Crippen LogP contribution in [0.1, 0.15) is 39.0 Å². The number of methoxy groups -OCH3 is 1. The Morgan fingerprint density at radius 1 is 1.18 bits per heavy atom. The Morgan fingerprint density at radius 3 is 2.29 bits per heavy atom. The number of rotatable bonds is 4. The van der Waals surface area contributed by atoms with Gasteiger partial charge in [-0.15, -0.1) is 0 Å². The molecule has 0 bridgehead atoms. The lowest BCUT2D eigenvalue weighted by Gasteiger charge is -2.43. The highest BCUT2D eigenvalue weighted by atomic mass is 16.7. The third kappa shape index (κ3) is 2.81. The molecule has 4 nitrogen and oxygen atoms in total. The zero-order chi connectivity index (χ0) is 12.4. The Labute approximate surface area is 103 Å². The molecule has 4 heteroatoms. The summed E-state index contributed by atoms with van der Waals surface area (Å²) in [5, 5.41) is 10.6. The lowest BCUT2D eigenvalue weighted by atomic mass is 9.73. The lowest BCUT2D eigenvalue weighted by Crippen LogP contribution is -2.47. The zero-order valence-electron chi connectivity index (χ0n) is 10.9. The van der Waals surface area contributed by atoms with E-state index in [-0.39, 0.29) is 11.7 Å². The van der Waals surface area contributed by atoms with Crippen LogP contribution in [0, 0.1) is 5.92 Å². The van der Waals surface area contributed by atoms with Gasteiger partial charge in [0.1, 0.15) is 0 Å². The molecular weight excluding hydrogens is 220 g/mol. The number of hydrogen-bond acceptors (Lipinski definition) is 4. The summed E-state index contributed by atoms with van der Waals surface area (Å²) < 4.78 is 16.4. The fourth-order valence-electron chi connectivity index (χ4n) is 2.91. The van der Waals surface area contributed by atoms with E-state index in [1.807, 2.05) is 0 Å².